The second-order valence-electron chi connectivity index (χ2n) is 6.15. The minimum atomic E-state index is -0.143. The molecule has 1 rings (SSSR count). The first-order valence-electron chi connectivity index (χ1n) is 8.64. The molecule has 0 radical (unpaired) electrons. The average molecular weight is 280 g/mol. The second-order valence-corrected chi connectivity index (χ2v) is 6.15. The summed E-state index contributed by atoms with van der Waals surface area (Å²) in [5.74, 6) is 0.364. The van der Waals surface area contributed by atoms with Crippen molar-refractivity contribution in [3.63, 3.8) is 0 Å². The van der Waals surface area contributed by atoms with Gasteiger partial charge in [-0.2, -0.15) is 0 Å². The fourth-order valence-corrected chi connectivity index (χ4v) is 2.87. The van der Waals surface area contributed by atoms with Crippen LogP contribution in [0.5, 0.6) is 0 Å². The Hall–Kier alpha value is -0.630. The molecular formula is C18H32O2. The maximum absolute atomic E-state index is 11.8. The van der Waals surface area contributed by atoms with E-state index in [0.717, 1.165) is 63.4 Å². The minimum absolute atomic E-state index is 0.143. The number of ketones is 1. The van der Waals surface area contributed by atoms with Crippen LogP contribution in [0.1, 0.15) is 90.4 Å². The predicted molar refractivity (Wildman–Crippen MR) is 84.8 cm³/mol. The van der Waals surface area contributed by atoms with Crippen LogP contribution in [0.4, 0.5) is 0 Å². The van der Waals surface area contributed by atoms with Gasteiger partial charge in [-0.05, 0) is 50.5 Å². The number of hydrogen-bond acceptors (Lipinski definition) is 2. The highest BCUT2D eigenvalue weighted by atomic mass is 16.3. The van der Waals surface area contributed by atoms with Crippen LogP contribution in [-0.4, -0.2) is 17.0 Å². The van der Waals surface area contributed by atoms with Crippen molar-refractivity contribution in [3.05, 3.63) is 11.6 Å². The Balaban J connectivity index is 2.11. The Kier molecular flexibility index (Phi) is 9.65. The maximum atomic E-state index is 11.8. The molecule has 2 nitrogen and oxygen atoms in total. The number of allylic oxidation sites excluding steroid dienone is 2. The maximum Gasteiger partial charge on any atom is 0.158 e. The third-order valence-electron chi connectivity index (χ3n) is 4.23. The van der Waals surface area contributed by atoms with Gasteiger partial charge in [0.15, 0.2) is 5.78 Å². The standard InChI is InChI=1S/C18H32O2/c1-2-3-4-7-13-17(19)14-10-9-12-16-11-6-5-8-15-18(16)20/h12,17,19H,2-11,13-15H2,1H3/b16-12-. The molecule has 0 aromatic heterocycles. The van der Waals surface area contributed by atoms with Crippen molar-refractivity contribution in [2.45, 2.75) is 96.5 Å². The van der Waals surface area contributed by atoms with E-state index in [9.17, 15) is 9.90 Å². The molecule has 116 valence electrons. The van der Waals surface area contributed by atoms with E-state index in [0.29, 0.717) is 5.78 Å². The molecule has 1 aliphatic rings. The first-order chi connectivity index (χ1) is 9.74. The summed E-state index contributed by atoms with van der Waals surface area (Å²) >= 11 is 0. The van der Waals surface area contributed by atoms with E-state index in [4.69, 9.17) is 0 Å². The summed E-state index contributed by atoms with van der Waals surface area (Å²) in [6, 6.07) is 0. The average Bonchev–Trinajstić information content (AvgIpc) is 2.65. The van der Waals surface area contributed by atoms with Gasteiger partial charge in [-0.15, -0.1) is 0 Å². The third kappa shape index (κ3) is 7.84. The summed E-state index contributed by atoms with van der Waals surface area (Å²) < 4.78 is 0. The van der Waals surface area contributed by atoms with Gasteiger partial charge in [-0.25, -0.2) is 0 Å². The monoisotopic (exact) mass is 280 g/mol. The van der Waals surface area contributed by atoms with E-state index >= 15 is 0 Å². The predicted octanol–water partition coefficient (Wildman–Crippen LogP) is 4.95. The highest BCUT2D eigenvalue weighted by Gasteiger charge is 2.12. The summed E-state index contributed by atoms with van der Waals surface area (Å²) in [5.41, 5.74) is 1.06. The first kappa shape index (κ1) is 17.4. The van der Waals surface area contributed by atoms with Gasteiger partial charge in [0.25, 0.3) is 0 Å². The Morgan fingerprint density at radius 3 is 2.60 bits per heavy atom. The van der Waals surface area contributed by atoms with Crippen LogP contribution in [0, 0.1) is 0 Å². The molecule has 0 saturated heterocycles. The second kappa shape index (κ2) is 11.1. The highest BCUT2D eigenvalue weighted by molar-refractivity contribution is 5.95. The summed E-state index contributed by atoms with van der Waals surface area (Å²) in [6.45, 7) is 2.21. The Bertz CT molecular complexity index is 294. The quantitative estimate of drug-likeness (QED) is 0.369. The van der Waals surface area contributed by atoms with Crippen molar-refractivity contribution in [1.29, 1.82) is 0 Å². The van der Waals surface area contributed by atoms with Crippen molar-refractivity contribution in [1.82, 2.24) is 0 Å². The van der Waals surface area contributed by atoms with Gasteiger partial charge < -0.3 is 5.11 Å². The number of aliphatic hydroxyl groups is 1. The summed E-state index contributed by atoms with van der Waals surface area (Å²) in [4.78, 5) is 11.8. The minimum Gasteiger partial charge on any atom is -0.393 e. The zero-order valence-electron chi connectivity index (χ0n) is 13.2. The molecule has 0 heterocycles. The molecule has 1 fully saturated rings. The van der Waals surface area contributed by atoms with Gasteiger partial charge in [0, 0.05) is 6.42 Å². The topological polar surface area (TPSA) is 37.3 Å². The van der Waals surface area contributed by atoms with Crippen LogP contribution in [0.3, 0.4) is 0 Å². The SMILES string of the molecule is CCCCCCC(O)CCC/C=C1/CCCCCC1=O. The largest absolute Gasteiger partial charge is 0.393 e. The lowest BCUT2D eigenvalue weighted by Gasteiger charge is -2.09. The smallest absolute Gasteiger partial charge is 0.158 e. The Labute approximate surface area is 124 Å². The van der Waals surface area contributed by atoms with Crippen LogP contribution < -0.4 is 0 Å². The van der Waals surface area contributed by atoms with Crippen LogP contribution in [-0.2, 0) is 4.79 Å². The molecule has 1 atom stereocenters. The number of aliphatic hydroxyl groups excluding tert-OH is 1. The van der Waals surface area contributed by atoms with E-state index in [1.54, 1.807) is 0 Å². The molecule has 0 aromatic rings. The number of rotatable bonds is 9. The van der Waals surface area contributed by atoms with E-state index < -0.39 is 0 Å². The zero-order valence-corrected chi connectivity index (χ0v) is 13.2. The van der Waals surface area contributed by atoms with Crippen molar-refractivity contribution < 1.29 is 9.90 Å². The Morgan fingerprint density at radius 1 is 1.05 bits per heavy atom. The molecule has 1 aliphatic carbocycles. The van der Waals surface area contributed by atoms with Gasteiger partial charge >= 0.3 is 0 Å². The van der Waals surface area contributed by atoms with Crippen molar-refractivity contribution >= 4 is 5.78 Å². The van der Waals surface area contributed by atoms with E-state index in [2.05, 4.69) is 13.0 Å². The molecule has 2 heteroatoms. The van der Waals surface area contributed by atoms with E-state index in [-0.39, 0.29) is 6.10 Å². The van der Waals surface area contributed by atoms with Crippen molar-refractivity contribution in [2.24, 2.45) is 0 Å². The molecule has 0 spiro atoms. The van der Waals surface area contributed by atoms with Crippen molar-refractivity contribution in [2.75, 3.05) is 0 Å². The number of hydrogen-bond donors (Lipinski definition) is 1. The molecule has 20 heavy (non-hydrogen) atoms. The fourth-order valence-electron chi connectivity index (χ4n) is 2.87. The van der Waals surface area contributed by atoms with E-state index in [1.165, 1.54) is 25.7 Å². The molecule has 1 N–H and O–H groups in total. The Morgan fingerprint density at radius 2 is 1.80 bits per heavy atom. The molecule has 1 unspecified atom stereocenters. The lowest BCUT2D eigenvalue weighted by molar-refractivity contribution is -0.115. The summed E-state index contributed by atoms with van der Waals surface area (Å²) in [6.07, 6.45) is 15.8. The van der Waals surface area contributed by atoms with Crippen molar-refractivity contribution in [3.8, 4) is 0 Å². The number of carbonyl (C=O) groups is 1. The third-order valence-corrected chi connectivity index (χ3v) is 4.23. The van der Waals surface area contributed by atoms with Crippen LogP contribution in [0.2, 0.25) is 0 Å². The summed E-state index contributed by atoms with van der Waals surface area (Å²) in [7, 11) is 0. The lowest BCUT2D eigenvalue weighted by atomic mass is 10.0. The van der Waals surface area contributed by atoms with Gasteiger partial charge in [0.1, 0.15) is 0 Å². The molecular weight excluding hydrogens is 248 g/mol. The lowest BCUT2D eigenvalue weighted by Crippen LogP contribution is -2.06. The van der Waals surface area contributed by atoms with Crippen LogP contribution >= 0.6 is 0 Å². The van der Waals surface area contributed by atoms with Crippen LogP contribution in [0.25, 0.3) is 0 Å². The molecule has 0 amide bonds. The number of carbonyl (C=O) groups excluding carboxylic acids is 1. The molecule has 0 aliphatic heterocycles. The normalized spacial score (nSPS) is 20.1. The van der Waals surface area contributed by atoms with Gasteiger partial charge in [0.05, 0.1) is 6.10 Å². The molecule has 1 saturated carbocycles. The fraction of sp³-hybridized carbons (Fsp3) is 0.833. The summed E-state index contributed by atoms with van der Waals surface area (Å²) in [5, 5.41) is 9.89. The van der Waals surface area contributed by atoms with E-state index in [1.807, 2.05) is 0 Å². The molecule has 0 aromatic carbocycles. The van der Waals surface area contributed by atoms with Gasteiger partial charge in [0.2, 0.25) is 0 Å². The zero-order chi connectivity index (χ0) is 14.6. The molecule has 0 bridgehead atoms. The van der Waals surface area contributed by atoms with Gasteiger partial charge in [-0.3, -0.25) is 4.79 Å². The highest BCUT2D eigenvalue weighted by Crippen LogP contribution is 2.20. The number of Topliss-reactive ketones (excluding diaryl/α,β-unsaturated/α-hetero) is 1. The van der Waals surface area contributed by atoms with Crippen LogP contribution in [0.15, 0.2) is 11.6 Å². The first-order valence-corrected chi connectivity index (χ1v) is 8.64. The van der Waals surface area contributed by atoms with Gasteiger partial charge in [-0.1, -0.05) is 45.1 Å². The number of unbranched alkanes of at least 4 members (excludes halogenated alkanes) is 4.